The third-order valence-electron chi connectivity index (χ3n) is 4.91. The van der Waals surface area contributed by atoms with E-state index in [1.165, 1.54) is 0 Å². The van der Waals surface area contributed by atoms with E-state index in [2.05, 4.69) is 30.8 Å². The first-order valence-electron chi connectivity index (χ1n) is 9.01. The molecule has 3 aromatic carbocycles. The van der Waals surface area contributed by atoms with Gasteiger partial charge in [0.15, 0.2) is 0 Å². The van der Waals surface area contributed by atoms with Gasteiger partial charge in [0.2, 0.25) is 0 Å². The fraction of sp³-hybridized carbons (Fsp3) is 0.0800. The second-order valence-electron chi connectivity index (χ2n) is 6.58. The number of hydrogen-bond acceptors (Lipinski definition) is 2. The lowest BCUT2D eigenvalue weighted by Crippen LogP contribution is -2.07. The summed E-state index contributed by atoms with van der Waals surface area (Å²) in [4.78, 5) is 12.4. The van der Waals surface area contributed by atoms with E-state index in [1.54, 1.807) is 0 Å². The number of hydrogen-bond donors (Lipinski definition) is 0. The highest BCUT2D eigenvalue weighted by molar-refractivity contribution is 5.95. The van der Waals surface area contributed by atoms with Crippen molar-refractivity contribution in [1.29, 1.82) is 0 Å². The molecule has 0 saturated carbocycles. The lowest BCUT2D eigenvalue weighted by molar-refractivity contribution is -0.139. The zero-order valence-electron chi connectivity index (χ0n) is 14.9. The fourth-order valence-electron chi connectivity index (χ4n) is 3.60. The Morgan fingerprint density at radius 2 is 1.30 bits per heavy atom. The van der Waals surface area contributed by atoms with E-state index >= 15 is 0 Å². The van der Waals surface area contributed by atoms with Gasteiger partial charge in [-0.2, -0.15) is 0 Å². The topological polar surface area (TPSA) is 26.3 Å². The van der Waals surface area contributed by atoms with Crippen LogP contribution in [-0.4, -0.2) is 5.97 Å². The molecule has 2 unspecified atom stereocenters. The van der Waals surface area contributed by atoms with Crippen LogP contribution in [-0.2, 0) is 9.53 Å². The molecule has 0 aromatic heterocycles. The molecule has 1 heterocycles. The van der Waals surface area contributed by atoms with Crippen LogP contribution >= 0.6 is 0 Å². The van der Waals surface area contributed by atoms with Crippen molar-refractivity contribution in [2.45, 2.75) is 12.0 Å². The van der Waals surface area contributed by atoms with E-state index in [9.17, 15) is 4.79 Å². The van der Waals surface area contributed by atoms with Gasteiger partial charge >= 0.3 is 5.97 Å². The Bertz CT molecular complexity index is 1040. The van der Waals surface area contributed by atoms with E-state index in [-0.39, 0.29) is 11.9 Å². The van der Waals surface area contributed by atoms with Crippen molar-refractivity contribution in [3.63, 3.8) is 0 Å². The van der Waals surface area contributed by atoms with Crippen molar-refractivity contribution in [3.8, 4) is 0 Å². The number of fused-ring (bicyclic) bond motifs is 1. The minimum Gasteiger partial charge on any atom is -0.453 e. The molecule has 1 aliphatic heterocycles. The van der Waals surface area contributed by atoms with Gasteiger partial charge in [0.25, 0.3) is 0 Å². The summed E-state index contributed by atoms with van der Waals surface area (Å²) >= 11 is 0. The van der Waals surface area contributed by atoms with Crippen molar-refractivity contribution in [2.24, 2.45) is 0 Å². The summed E-state index contributed by atoms with van der Waals surface area (Å²) in [5.41, 5.74) is 2.51. The van der Waals surface area contributed by atoms with Crippen LogP contribution in [0.5, 0.6) is 0 Å². The van der Waals surface area contributed by atoms with Crippen molar-refractivity contribution in [3.05, 3.63) is 120 Å². The molecule has 2 heteroatoms. The molecule has 4 rings (SSSR count). The van der Waals surface area contributed by atoms with Crippen LogP contribution in [0.4, 0.5) is 0 Å². The number of cyclic esters (lactones) is 1. The zero-order chi connectivity index (χ0) is 18.6. The van der Waals surface area contributed by atoms with Gasteiger partial charge in [-0.15, -0.1) is 0 Å². The SMILES string of the molecule is C=C1C(=O)OC(c2ccccccccc2)C1c1cccc2ccccc12. The molecule has 0 N–H and O–H groups in total. The second-order valence-corrected chi connectivity index (χ2v) is 6.58. The van der Waals surface area contributed by atoms with Gasteiger partial charge in [0.1, 0.15) is 6.10 Å². The summed E-state index contributed by atoms with van der Waals surface area (Å²) in [6.07, 6.45) is -0.395. The van der Waals surface area contributed by atoms with Crippen LogP contribution in [0, 0.1) is 0 Å². The molecule has 1 fully saturated rings. The lowest BCUT2D eigenvalue weighted by atomic mass is 9.84. The summed E-state index contributed by atoms with van der Waals surface area (Å²) in [5, 5.41) is 2.27. The number of esters is 1. The molecule has 0 spiro atoms. The van der Waals surface area contributed by atoms with Gasteiger partial charge in [0.05, 0.1) is 5.92 Å². The van der Waals surface area contributed by atoms with Gasteiger partial charge in [-0.3, -0.25) is 0 Å². The molecule has 2 nitrogen and oxygen atoms in total. The maximum Gasteiger partial charge on any atom is 0.334 e. The van der Waals surface area contributed by atoms with Gasteiger partial charge in [0, 0.05) is 5.57 Å². The third-order valence-corrected chi connectivity index (χ3v) is 4.91. The van der Waals surface area contributed by atoms with E-state index in [0.29, 0.717) is 5.57 Å². The Hall–Kier alpha value is -3.39. The molecule has 1 saturated heterocycles. The highest BCUT2D eigenvalue weighted by Gasteiger charge is 2.41. The van der Waals surface area contributed by atoms with E-state index in [1.807, 2.05) is 72.8 Å². The summed E-state index contributed by atoms with van der Waals surface area (Å²) < 4.78 is 5.76. The Balaban J connectivity index is 1.88. The molecule has 3 aromatic rings. The Morgan fingerprint density at radius 3 is 2.04 bits per heavy atom. The molecule has 0 bridgehead atoms. The number of benzene rings is 2. The summed E-state index contributed by atoms with van der Waals surface area (Å²) in [6.45, 7) is 4.05. The third kappa shape index (κ3) is 3.34. The fourth-order valence-corrected chi connectivity index (χ4v) is 3.60. The Labute approximate surface area is 159 Å². The summed E-state index contributed by atoms with van der Waals surface area (Å²) in [6, 6.07) is 32.1. The highest BCUT2D eigenvalue weighted by Crippen LogP contribution is 2.46. The van der Waals surface area contributed by atoms with Gasteiger partial charge in [-0.1, -0.05) is 104 Å². The largest absolute Gasteiger partial charge is 0.453 e. The van der Waals surface area contributed by atoms with Gasteiger partial charge in [-0.05, 0) is 21.9 Å². The molecule has 1 aliphatic rings. The minimum absolute atomic E-state index is 0.213. The van der Waals surface area contributed by atoms with Crippen molar-refractivity contribution in [1.82, 2.24) is 0 Å². The van der Waals surface area contributed by atoms with Crippen LogP contribution in [0.25, 0.3) is 10.8 Å². The van der Waals surface area contributed by atoms with Crippen molar-refractivity contribution in [2.75, 3.05) is 0 Å². The normalized spacial score (nSPS) is 18.8. The first-order chi connectivity index (χ1) is 13.3. The van der Waals surface area contributed by atoms with Crippen LogP contribution < -0.4 is 0 Å². The second kappa shape index (κ2) is 7.46. The number of rotatable bonds is 2. The molecular weight excluding hydrogens is 332 g/mol. The quantitative estimate of drug-likeness (QED) is 0.424. The predicted molar refractivity (Wildman–Crippen MR) is 109 cm³/mol. The lowest BCUT2D eigenvalue weighted by Gasteiger charge is -2.20. The van der Waals surface area contributed by atoms with E-state index in [4.69, 9.17) is 4.74 Å². The number of ether oxygens (including phenoxy) is 1. The first-order valence-corrected chi connectivity index (χ1v) is 9.01. The molecule has 0 amide bonds. The van der Waals surface area contributed by atoms with Crippen LogP contribution in [0.1, 0.15) is 23.1 Å². The maximum absolute atomic E-state index is 12.4. The smallest absolute Gasteiger partial charge is 0.334 e. The predicted octanol–water partition coefficient (Wildman–Crippen LogP) is 5.90. The molecule has 132 valence electrons. The van der Waals surface area contributed by atoms with E-state index < -0.39 is 6.10 Å². The molecular formula is C25H20O2. The molecule has 0 radical (unpaired) electrons. The number of carbonyl (C=O) groups excluding carboxylic acids is 1. The van der Waals surface area contributed by atoms with Gasteiger partial charge < -0.3 is 4.74 Å². The van der Waals surface area contributed by atoms with Crippen molar-refractivity contribution >= 4 is 16.7 Å². The highest BCUT2D eigenvalue weighted by atomic mass is 16.6. The minimum atomic E-state index is -0.395. The zero-order valence-corrected chi connectivity index (χ0v) is 14.9. The molecule has 0 aliphatic carbocycles. The molecule has 2 atom stereocenters. The summed E-state index contributed by atoms with van der Waals surface area (Å²) in [7, 11) is 0. The van der Waals surface area contributed by atoms with Crippen LogP contribution in [0.15, 0.2) is 109 Å². The maximum atomic E-state index is 12.4. The average molecular weight is 352 g/mol. The van der Waals surface area contributed by atoms with Crippen molar-refractivity contribution < 1.29 is 9.53 Å². The molecule has 27 heavy (non-hydrogen) atoms. The van der Waals surface area contributed by atoms with E-state index in [0.717, 1.165) is 21.9 Å². The Morgan fingerprint density at radius 1 is 0.704 bits per heavy atom. The standard InChI is InChI=1S/C25H20O2/c1-18-23(22-17-11-15-19-12-9-10-16-21(19)22)24(27-25(18)26)20-13-7-5-3-2-4-6-8-14-20/h2-17,23-24H,1H2. The number of carbonyl (C=O) groups is 1. The van der Waals surface area contributed by atoms with Crippen LogP contribution in [0.2, 0.25) is 0 Å². The first kappa shape index (κ1) is 17.0. The van der Waals surface area contributed by atoms with Crippen LogP contribution in [0.3, 0.4) is 0 Å². The van der Waals surface area contributed by atoms with Gasteiger partial charge in [-0.25, -0.2) is 4.79 Å². The average Bonchev–Trinajstić information content (AvgIpc) is 3.00. The Kier molecular flexibility index (Phi) is 4.71. The monoisotopic (exact) mass is 352 g/mol. The summed E-state index contributed by atoms with van der Waals surface area (Å²) in [5.74, 6) is -0.542.